The molecule has 0 atom stereocenters. The zero-order valence-electron chi connectivity index (χ0n) is 11.2. The lowest BCUT2D eigenvalue weighted by molar-refractivity contribution is 0.390. The van der Waals surface area contributed by atoms with Gasteiger partial charge in [-0.1, -0.05) is 32.9 Å². The van der Waals surface area contributed by atoms with Crippen LogP contribution in [0.1, 0.15) is 27.2 Å². The highest BCUT2D eigenvalue weighted by atomic mass is 15.1. The third-order valence-electron chi connectivity index (χ3n) is 2.58. The van der Waals surface area contributed by atoms with Gasteiger partial charge in [-0.15, -0.1) is 0 Å². The Labute approximate surface area is 99.7 Å². The van der Waals surface area contributed by atoms with Gasteiger partial charge < -0.3 is 10.2 Å². The van der Waals surface area contributed by atoms with Crippen LogP contribution in [0.4, 0.5) is 11.4 Å². The fourth-order valence-electron chi connectivity index (χ4n) is 1.59. The molecule has 0 aliphatic rings. The van der Waals surface area contributed by atoms with Gasteiger partial charge in [-0.05, 0) is 24.0 Å². The zero-order chi connectivity index (χ0) is 12.2. The van der Waals surface area contributed by atoms with Crippen LogP contribution in [-0.4, -0.2) is 20.6 Å². The maximum atomic E-state index is 3.51. The lowest BCUT2D eigenvalue weighted by atomic mass is 9.92. The highest BCUT2D eigenvalue weighted by Crippen LogP contribution is 2.24. The largest absolute Gasteiger partial charge is 0.383 e. The normalized spacial score (nSPS) is 11.3. The average molecular weight is 220 g/mol. The number of nitrogens with one attached hydrogen (secondary N) is 1. The Hall–Kier alpha value is -1.18. The van der Waals surface area contributed by atoms with Gasteiger partial charge in [0.15, 0.2) is 0 Å². The summed E-state index contributed by atoms with van der Waals surface area (Å²) in [4.78, 5) is 2.14. The zero-order valence-corrected chi connectivity index (χ0v) is 11.2. The first-order valence-corrected chi connectivity index (χ1v) is 5.90. The van der Waals surface area contributed by atoms with Crippen LogP contribution >= 0.6 is 0 Å². The van der Waals surface area contributed by atoms with Crippen molar-refractivity contribution in [1.82, 2.24) is 0 Å². The second-order valence-electron chi connectivity index (χ2n) is 5.65. The van der Waals surface area contributed by atoms with Crippen molar-refractivity contribution in [3.63, 3.8) is 0 Å². The summed E-state index contributed by atoms with van der Waals surface area (Å²) < 4.78 is 0. The molecule has 0 aliphatic heterocycles. The van der Waals surface area contributed by atoms with Crippen LogP contribution in [0.3, 0.4) is 0 Å². The van der Waals surface area contributed by atoms with E-state index < -0.39 is 0 Å². The minimum absolute atomic E-state index is 0.389. The number of hydrogen-bond acceptors (Lipinski definition) is 2. The molecule has 0 spiro atoms. The molecule has 0 saturated heterocycles. The fourth-order valence-corrected chi connectivity index (χ4v) is 1.59. The summed E-state index contributed by atoms with van der Waals surface area (Å²) in [7, 11) is 4.15. The summed E-state index contributed by atoms with van der Waals surface area (Å²) in [5.74, 6) is 0. The van der Waals surface area contributed by atoms with Crippen LogP contribution in [0.15, 0.2) is 24.3 Å². The van der Waals surface area contributed by atoms with Gasteiger partial charge in [0.05, 0.1) is 11.4 Å². The van der Waals surface area contributed by atoms with Crippen molar-refractivity contribution in [2.75, 3.05) is 30.9 Å². The number of rotatable bonds is 4. The van der Waals surface area contributed by atoms with Gasteiger partial charge in [-0.25, -0.2) is 0 Å². The van der Waals surface area contributed by atoms with Gasteiger partial charge in [0.25, 0.3) is 0 Å². The monoisotopic (exact) mass is 220 g/mol. The Bertz CT molecular complexity index is 324. The van der Waals surface area contributed by atoms with Gasteiger partial charge in [-0.3, -0.25) is 0 Å². The molecule has 2 heteroatoms. The Kier molecular flexibility index (Phi) is 4.22. The lowest BCUT2D eigenvalue weighted by Crippen LogP contribution is -2.15. The van der Waals surface area contributed by atoms with Crippen LogP contribution in [0.2, 0.25) is 0 Å². The first-order chi connectivity index (χ1) is 7.40. The third-order valence-corrected chi connectivity index (χ3v) is 2.58. The van der Waals surface area contributed by atoms with Crippen molar-refractivity contribution >= 4 is 11.4 Å². The molecule has 0 heterocycles. The molecule has 0 aromatic heterocycles. The number of anilines is 2. The summed E-state index contributed by atoms with van der Waals surface area (Å²) in [6.45, 7) is 7.83. The highest BCUT2D eigenvalue weighted by Gasteiger charge is 2.10. The van der Waals surface area contributed by atoms with E-state index in [9.17, 15) is 0 Å². The lowest BCUT2D eigenvalue weighted by Gasteiger charge is -2.21. The molecule has 0 aliphatic carbocycles. The van der Waals surface area contributed by atoms with Crippen molar-refractivity contribution < 1.29 is 0 Å². The average Bonchev–Trinajstić information content (AvgIpc) is 2.16. The Balaban J connectivity index is 2.60. The van der Waals surface area contributed by atoms with Gasteiger partial charge in [-0.2, -0.15) is 0 Å². The molecule has 2 nitrogen and oxygen atoms in total. The highest BCUT2D eigenvalue weighted by molar-refractivity contribution is 5.69. The standard InChI is InChI=1S/C14H24N2/c1-14(2,3)10-11-15-12-8-6-7-9-13(12)16(4)5/h6-9,15H,10-11H2,1-5H3. The summed E-state index contributed by atoms with van der Waals surface area (Å²) >= 11 is 0. The van der Waals surface area contributed by atoms with Crippen molar-refractivity contribution in [3.05, 3.63) is 24.3 Å². The molecule has 1 aromatic carbocycles. The predicted octanol–water partition coefficient (Wildman–Crippen LogP) is 3.60. The molecule has 0 amide bonds. The van der Waals surface area contributed by atoms with E-state index >= 15 is 0 Å². The van der Waals surface area contributed by atoms with E-state index in [2.05, 4.69) is 69.3 Å². The number of para-hydroxylation sites is 2. The van der Waals surface area contributed by atoms with Gasteiger partial charge in [0.2, 0.25) is 0 Å². The second kappa shape index (κ2) is 5.24. The Morgan fingerprint density at radius 2 is 1.75 bits per heavy atom. The van der Waals surface area contributed by atoms with Gasteiger partial charge in [0.1, 0.15) is 0 Å². The summed E-state index contributed by atoms with van der Waals surface area (Å²) in [6.07, 6.45) is 1.18. The minimum Gasteiger partial charge on any atom is -0.383 e. The number of benzene rings is 1. The fraction of sp³-hybridized carbons (Fsp3) is 0.571. The third kappa shape index (κ3) is 4.13. The summed E-state index contributed by atoms with van der Waals surface area (Å²) in [6, 6.07) is 8.42. The topological polar surface area (TPSA) is 15.3 Å². The Morgan fingerprint density at radius 3 is 2.31 bits per heavy atom. The maximum absolute atomic E-state index is 3.51. The predicted molar refractivity (Wildman–Crippen MR) is 73.3 cm³/mol. The molecule has 0 saturated carbocycles. The smallest absolute Gasteiger partial charge is 0.0596 e. The quantitative estimate of drug-likeness (QED) is 0.834. The number of nitrogens with zero attached hydrogens (tertiary/aromatic N) is 1. The van der Waals surface area contributed by atoms with Crippen LogP contribution in [-0.2, 0) is 0 Å². The summed E-state index contributed by atoms with van der Waals surface area (Å²) in [5, 5.41) is 3.51. The number of hydrogen-bond donors (Lipinski definition) is 1. The van der Waals surface area contributed by atoms with Crippen LogP contribution < -0.4 is 10.2 Å². The first kappa shape index (κ1) is 12.9. The minimum atomic E-state index is 0.389. The van der Waals surface area contributed by atoms with Crippen LogP contribution in [0.5, 0.6) is 0 Å². The Morgan fingerprint density at radius 1 is 1.12 bits per heavy atom. The first-order valence-electron chi connectivity index (χ1n) is 5.90. The SMILES string of the molecule is CN(C)c1ccccc1NCCC(C)(C)C. The molecule has 0 unspecified atom stereocenters. The molecular weight excluding hydrogens is 196 g/mol. The van der Waals surface area contributed by atoms with Crippen molar-refractivity contribution in [3.8, 4) is 0 Å². The van der Waals surface area contributed by atoms with E-state index in [1.165, 1.54) is 17.8 Å². The molecular formula is C14H24N2. The van der Waals surface area contributed by atoms with Crippen molar-refractivity contribution in [2.45, 2.75) is 27.2 Å². The van der Waals surface area contributed by atoms with E-state index in [0.29, 0.717) is 5.41 Å². The molecule has 0 radical (unpaired) electrons. The van der Waals surface area contributed by atoms with E-state index in [1.807, 2.05) is 0 Å². The van der Waals surface area contributed by atoms with E-state index in [4.69, 9.17) is 0 Å². The molecule has 1 rings (SSSR count). The molecule has 0 bridgehead atoms. The van der Waals surface area contributed by atoms with E-state index in [1.54, 1.807) is 0 Å². The molecule has 90 valence electrons. The van der Waals surface area contributed by atoms with Gasteiger partial charge >= 0.3 is 0 Å². The second-order valence-corrected chi connectivity index (χ2v) is 5.65. The van der Waals surface area contributed by atoms with Crippen molar-refractivity contribution in [2.24, 2.45) is 5.41 Å². The maximum Gasteiger partial charge on any atom is 0.0596 e. The van der Waals surface area contributed by atoms with E-state index in [-0.39, 0.29) is 0 Å². The molecule has 16 heavy (non-hydrogen) atoms. The molecule has 1 aromatic rings. The van der Waals surface area contributed by atoms with Crippen LogP contribution in [0.25, 0.3) is 0 Å². The van der Waals surface area contributed by atoms with Crippen molar-refractivity contribution in [1.29, 1.82) is 0 Å². The molecule has 0 fully saturated rings. The molecule has 1 N–H and O–H groups in total. The summed E-state index contributed by atoms with van der Waals surface area (Å²) in [5.41, 5.74) is 2.85. The van der Waals surface area contributed by atoms with Gasteiger partial charge in [0, 0.05) is 20.6 Å². The van der Waals surface area contributed by atoms with Crippen LogP contribution in [0, 0.1) is 5.41 Å². The van der Waals surface area contributed by atoms with E-state index in [0.717, 1.165) is 6.54 Å².